The van der Waals surface area contributed by atoms with Gasteiger partial charge in [-0.15, -0.1) is 0 Å². The van der Waals surface area contributed by atoms with Crippen molar-refractivity contribution in [3.8, 4) is 0 Å². The van der Waals surface area contributed by atoms with Crippen molar-refractivity contribution in [3.05, 3.63) is 70.6 Å². The maximum Gasteiger partial charge on any atom is 0.143 e. The third kappa shape index (κ3) is 3.68. The van der Waals surface area contributed by atoms with Gasteiger partial charge in [-0.3, -0.25) is 0 Å². The number of rotatable bonds is 6. The molecule has 0 unspecified atom stereocenters. The molecule has 0 bridgehead atoms. The molecular formula is C21H24ClN3. The fourth-order valence-corrected chi connectivity index (χ4v) is 3.53. The summed E-state index contributed by atoms with van der Waals surface area (Å²) in [6.07, 6.45) is 1.97. The molecule has 130 valence electrons. The van der Waals surface area contributed by atoms with Gasteiger partial charge in [0.05, 0.1) is 12.1 Å². The molecule has 0 saturated heterocycles. The largest absolute Gasteiger partial charge is 0.300 e. The van der Waals surface area contributed by atoms with Crippen LogP contribution in [0, 0.1) is 6.92 Å². The molecule has 25 heavy (non-hydrogen) atoms. The van der Waals surface area contributed by atoms with Crippen LogP contribution in [0.4, 0.5) is 0 Å². The summed E-state index contributed by atoms with van der Waals surface area (Å²) >= 11 is 6.05. The lowest BCUT2D eigenvalue weighted by atomic mass is 9.84. The quantitative estimate of drug-likeness (QED) is 0.645. The van der Waals surface area contributed by atoms with E-state index in [1.165, 1.54) is 5.56 Å². The van der Waals surface area contributed by atoms with E-state index in [2.05, 4.69) is 42.3 Å². The third-order valence-corrected chi connectivity index (χ3v) is 5.28. The average molecular weight is 354 g/mol. The number of aryl methyl sites for hydroxylation is 1. The molecule has 0 aliphatic carbocycles. The van der Waals surface area contributed by atoms with Crippen molar-refractivity contribution in [1.82, 2.24) is 15.3 Å². The van der Waals surface area contributed by atoms with Crippen LogP contribution < -0.4 is 5.32 Å². The Labute approximate surface area is 154 Å². The van der Waals surface area contributed by atoms with E-state index >= 15 is 0 Å². The molecule has 0 saturated carbocycles. The molecule has 0 fully saturated rings. The predicted octanol–water partition coefficient (Wildman–Crippen LogP) is 5.40. The van der Waals surface area contributed by atoms with E-state index in [1.807, 2.05) is 37.3 Å². The first-order chi connectivity index (χ1) is 12.1. The monoisotopic (exact) mass is 353 g/mol. The van der Waals surface area contributed by atoms with Crippen molar-refractivity contribution in [2.24, 2.45) is 0 Å². The molecule has 3 aromatic rings. The molecule has 2 aromatic carbocycles. The molecule has 1 heterocycles. The van der Waals surface area contributed by atoms with Crippen LogP contribution in [0.25, 0.3) is 10.9 Å². The lowest BCUT2D eigenvalue weighted by molar-refractivity contribution is 0.302. The fraction of sp³-hybridized carbons (Fsp3) is 0.333. The Kier molecular flexibility index (Phi) is 5.36. The highest BCUT2D eigenvalue weighted by Gasteiger charge is 2.28. The van der Waals surface area contributed by atoms with Gasteiger partial charge in [-0.2, -0.15) is 0 Å². The van der Waals surface area contributed by atoms with Crippen molar-refractivity contribution in [2.45, 2.75) is 45.7 Å². The molecule has 0 aliphatic rings. The zero-order valence-electron chi connectivity index (χ0n) is 15.0. The molecule has 0 spiro atoms. The highest BCUT2D eigenvalue weighted by Crippen LogP contribution is 2.30. The van der Waals surface area contributed by atoms with Crippen LogP contribution in [0.3, 0.4) is 0 Å². The Balaban J connectivity index is 1.88. The van der Waals surface area contributed by atoms with Crippen LogP contribution >= 0.6 is 11.6 Å². The summed E-state index contributed by atoms with van der Waals surface area (Å²) in [5.41, 5.74) is 3.16. The lowest BCUT2D eigenvalue weighted by Crippen LogP contribution is -2.41. The average Bonchev–Trinajstić information content (AvgIpc) is 2.64. The second kappa shape index (κ2) is 7.51. The lowest BCUT2D eigenvalue weighted by Gasteiger charge is -2.33. The van der Waals surface area contributed by atoms with Crippen LogP contribution in [-0.4, -0.2) is 9.97 Å². The summed E-state index contributed by atoms with van der Waals surface area (Å²) in [7, 11) is 0. The third-order valence-electron chi connectivity index (χ3n) is 5.03. The topological polar surface area (TPSA) is 37.8 Å². The summed E-state index contributed by atoms with van der Waals surface area (Å²) in [5.74, 6) is 0.830. The summed E-state index contributed by atoms with van der Waals surface area (Å²) in [6.45, 7) is 7.09. The molecule has 0 aliphatic heterocycles. The van der Waals surface area contributed by atoms with Crippen molar-refractivity contribution in [2.75, 3.05) is 0 Å². The smallest absolute Gasteiger partial charge is 0.143 e. The normalized spacial score (nSPS) is 11.8. The van der Waals surface area contributed by atoms with Gasteiger partial charge in [0.15, 0.2) is 0 Å². The molecule has 0 radical (unpaired) electrons. The van der Waals surface area contributed by atoms with Crippen LogP contribution in [0.2, 0.25) is 5.02 Å². The number of nitrogens with one attached hydrogen (secondary N) is 1. The minimum atomic E-state index is -0.104. The van der Waals surface area contributed by atoms with E-state index in [4.69, 9.17) is 16.6 Å². The summed E-state index contributed by atoms with van der Waals surface area (Å²) in [4.78, 5) is 9.41. The molecular weight excluding hydrogens is 330 g/mol. The van der Waals surface area contributed by atoms with Gasteiger partial charge in [0.1, 0.15) is 5.82 Å². The predicted molar refractivity (Wildman–Crippen MR) is 105 cm³/mol. The maximum atomic E-state index is 6.05. The first kappa shape index (κ1) is 17.8. The molecule has 4 heteroatoms. The molecule has 0 amide bonds. The van der Waals surface area contributed by atoms with Gasteiger partial charge in [-0.05, 0) is 43.5 Å². The summed E-state index contributed by atoms with van der Waals surface area (Å²) < 4.78 is 0. The highest BCUT2D eigenvalue weighted by atomic mass is 35.5. The molecule has 3 nitrogen and oxygen atoms in total. The Morgan fingerprint density at radius 2 is 1.64 bits per heavy atom. The van der Waals surface area contributed by atoms with Crippen molar-refractivity contribution < 1.29 is 0 Å². The van der Waals surface area contributed by atoms with Gasteiger partial charge in [0.2, 0.25) is 0 Å². The Morgan fingerprint density at radius 3 is 2.32 bits per heavy atom. The number of fused-ring (bicyclic) bond motifs is 1. The van der Waals surface area contributed by atoms with Gasteiger partial charge >= 0.3 is 0 Å². The van der Waals surface area contributed by atoms with Gasteiger partial charge in [-0.25, -0.2) is 9.97 Å². The Hall–Kier alpha value is -1.97. The molecule has 1 N–H and O–H groups in total. The van der Waals surface area contributed by atoms with E-state index in [-0.39, 0.29) is 5.54 Å². The van der Waals surface area contributed by atoms with E-state index in [0.717, 1.165) is 40.3 Å². The first-order valence-corrected chi connectivity index (χ1v) is 9.19. The van der Waals surface area contributed by atoms with Crippen molar-refractivity contribution >= 4 is 22.5 Å². The fourth-order valence-electron chi connectivity index (χ4n) is 3.40. The maximum absolute atomic E-state index is 6.05. The van der Waals surface area contributed by atoms with Crippen LogP contribution in [0.5, 0.6) is 0 Å². The van der Waals surface area contributed by atoms with Crippen molar-refractivity contribution in [3.63, 3.8) is 0 Å². The van der Waals surface area contributed by atoms with Crippen molar-refractivity contribution in [1.29, 1.82) is 0 Å². The molecule has 0 atom stereocenters. The molecule has 1 aromatic heterocycles. The van der Waals surface area contributed by atoms with E-state index in [1.54, 1.807) is 0 Å². The van der Waals surface area contributed by atoms with E-state index < -0.39 is 0 Å². The minimum Gasteiger partial charge on any atom is -0.300 e. The molecule has 3 rings (SSSR count). The summed E-state index contributed by atoms with van der Waals surface area (Å²) in [5, 5.41) is 5.58. The SMILES string of the molecule is CCC(CC)(NCc1nc(C)c2ccccc2n1)c1ccc(Cl)cc1. The second-order valence-corrected chi connectivity index (χ2v) is 6.83. The minimum absolute atomic E-state index is 0.104. The second-order valence-electron chi connectivity index (χ2n) is 6.39. The number of hydrogen-bond donors (Lipinski definition) is 1. The Bertz CT molecular complexity index is 855. The van der Waals surface area contributed by atoms with Gasteiger partial charge in [-0.1, -0.05) is 55.8 Å². The van der Waals surface area contributed by atoms with E-state index in [0.29, 0.717) is 6.54 Å². The number of nitrogens with zero attached hydrogens (tertiary/aromatic N) is 2. The Morgan fingerprint density at radius 1 is 0.960 bits per heavy atom. The number of para-hydroxylation sites is 1. The standard InChI is InChI=1S/C21H24ClN3/c1-4-21(5-2,16-10-12-17(22)13-11-16)23-14-20-24-15(3)18-8-6-7-9-19(18)25-20/h6-13,23H,4-5,14H2,1-3H3. The van der Waals surface area contributed by atoms with Crippen LogP contribution in [-0.2, 0) is 12.1 Å². The number of halogens is 1. The number of aromatic nitrogens is 2. The van der Waals surface area contributed by atoms with Crippen LogP contribution in [0.1, 0.15) is 43.8 Å². The van der Waals surface area contributed by atoms with Gasteiger partial charge < -0.3 is 5.32 Å². The number of hydrogen-bond acceptors (Lipinski definition) is 3. The number of benzene rings is 2. The first-order valence-electron chi connectivity index (χ1n) is 8.81. The highest BCUT2D eigenvalue weighted by molar-refractivity contribution is 6.30. The summed E-state index contributed by atoms with van der Waals surface area (Å²) in [6, 6.07) is 16.3. The van der Waals surface area contributed by atoms with Gasteiger partial charge in [0.25, 0.3) is 0 Å². The zero-order chi connectivity index (χ0) is 17.9. The zero-order valence-corrected chi connectivity index (χ0v) is 15.8. The van der Waals surface area contributed by atoms with E-state index in [9.17, 15) is 0 Å². The van der Waals surface area contributed by atoms with Crippen LogP contribution in [0.15, 0.2) is 48.5 Å². The van der Waals surface area contributed by atoms with Gasteiger partial charge in [0, 0.05) is 21.6 Å².